The van der Waals surface area contributed by atoms with Gasteiger partial charge in [-0.25, -0.2) is 0 Å². The molecule has 0 aliphatic carbocycles. The predicted octanol–water partition coefficient (Wildman–Crippen LogP) is 1.89. The highest BCUT2D eigenvalue weighted by Crippen LogP contribution is 2.33. The van der Waals surface area contributed by atoms with E-state index in [9.17, 15) is 0 Å². The van der Waals surface area contributed by atoms with Gasteiger partial charge in [-0.2, -0.15) is 0 Å². The second kappa shape index (κ2) is 5.96. The first-order chi connectivity index (χ1) is 8.76. The van der Waals surface area contributed by atoms with Crippen molar-refractivity contribution in [3.63, 3.8) is 0 Å². The number of methoxy groups -OCH3 is 2. The van der Waals surface area contributed by atoms with Crippen LogP contribution in [0.15, 0.2) is 18.2 Å². The molecule has 1 heterocycles. The monoisotopic (exact) mass is 250 g/mol. The Morgan fingerprint density at radius 2 is 2.06 bits per heavy atom. The maximum Gasteiger partial charge on any atom is 0.145 e. The largest absolute Gasteiger partial charge is 0.497 e. The molecule has 1 saturated heterocycles. The Bertz CT molecular complexity index is 395. The Kier molecular flexibility index (Phi) is 4.31. The van der Waals surface area contributed by atoms with Crippen molar-refractivity contribution in [2.45, 2.75) is 19.4 Å². The van der Waals surface area contributed by atoms with Gasteiger partial charge in [0.2, 0.25) is 0 Å². The van der Waals surface area contributed by atoms with Crippen LogP contribution in [0.2, 0.25) is 0 Å². The third-order valence-electron chi connectivity index (χ3n) is 3.50. The van der Waals surface area contributed by atoms with Gasteiger partial charge in [-0.1, -0.05) is 0 Å². The SMILES string of the molecule is COc1ccc(N2CCNCCC2C)c(OC)c1. The Morgan fingerprint density at radius 1 is 1.22 bits per heavy atom. The molecular formula is C14H22N2O2. The molecule has 2 rings (SSSR count). The van der Waals surface area contributed by atoms with Crippen molar-refractivity contribution in [1.29, 1.82) is 0 Å². The quantitative estimate of drug-likeness (QED) is 0.888. The minimum atomic E-state index is 0.516. The van der Waals surface area contributed by atoms with E-state index in [0.29, 0.717) is 6.04 Å². The van der Waals surface area contributed by atoms with E-state index in [0.717, 1.165) is 43.2 Å². The molecule has 1 atom stereocenters. The van der Waals surface area contributed by atoms with Gasteiger partial charge < -0.3 is 19.7 Å². The summed E-state index contributed by atoms with van der Waals surface area (Å²) in [5.74, 6) is 1.71. The van der Waals surface area contributed by atoms with E-state index in [1.165, 1.54) is 0 Å². The van der Waals surface area contributed by atoms with Crippen molar-refractivity contribution in [2.75, 3.05) is 38.8 Å². The molecule has 0 amide bonds. The van der Waals surface area contributed by atoms with E-state index in [2.05, 4.69) is 23.2 Å². The van der Waals surface area contributed by atoms with Crippen LogP contribution < -0.4 is 19.7 Å². The normalized spacial score (nSPS) is 20.4. The highest BCUT2D eigenvalue weighted by atomic mass is 16.5. The number of hydrogen-bond donors (Lipinski definition) is 1. The van der Waals surface area contributed by atoms with Gasteiger partial charge in [-0.3, -0.25) is 0 Å². The van der Waals surface area contributed by atoms with E-state index in [1.54, 1.807) is 14.2 Å². The lowest BCUT2D eigenvalue weighted by Crippen LogP contribution is -2.34. The summed E-state index contributed by atoms with van der Waals surface area (Å²) in [6.07, 6.45) is 1.15. The first kappa shape index (κ1) is 13.0. The lowest BCUT2D eigenvalue weighted by Gasteiger charge is -2.30. The van der Waals surface area contributed by atoms with Crippen LogP contribution in [0, 0.1) is 0 Å². The molecule has 1 fully saturated rings. The number of nitrogens with one attached hydrogen (secondary N) is 1. The molecule has 0 bridgehead atoms. The molecule has 1 N–H and O–H groups in total. The standard InChI is InChI=1S/C14H22N2O2/c1-11-6-7-15-8-9-16(11)13-5-4-12(17-2)10-14(13)18-3/h4-5,10-11,15H,6-9H2,1-3H3. The smallest absolute Gasteiger partial charge is 0.145 e. The Balaban J connectivity index is 2.30. The summed E-state index contributed by atoms with van der Waals surface area (Å²) in [5.41, 5.74) is 1.15. The maximum absolute atomic E-state index is 5.49. The molecule has 0 radical (unpaired) electrons. The van der Waals surface area contributed by atoms with Crippen molar-refractivity contribution in [2.24, 2.45) is 0 Å². The zero-order valence-electron chi connectivity index (χ0n) is 11.4. The first-order valence-corrected chi connectivity index (χ1v) is 6.45. The fraction of sp³-hybridized carbons (Fsp3) is 0.571. The molecule has 1 aromatic rings. The molecule has 1 aromatic carbocycles. The number of rotatable bonds is 3. The third kappa shape index (κ3) is 2.70. The summed E-state index contributed by atoms with van der Waals surface area (Å²) in [5, 5.41) is 3.43. The molecule has 4 heteroatoms. The van der Waals surface area contributed by atoms with Gasteiger partial charge in [0, 0.05) is 25.2 Å². The van der Waals surface area contributed by atoms with Gasteiger partial charge in [0.05, 0.1) is 19.9 Å². The van der Waals surface area contributed by atoms with Crippen LogP contribution in [0.3, 0.4) is 0 Å². The fourth-order valence-electron chi connectivity index (χ4n) is 2.39. The zero-order chi connectivity index (χ0) is 13.0. The average molecular weight is 250 g/mol. The third-order valence-corrected chi connectivity index (χ3v) is 3.50. The summed E-state index contributed by atoms with van der Waals surface area (Å²) in [6, 6.07) is 6.53. The van der Waals surface area contributed by atoms with Crippen LogP contribution in [-0.2, 0) is 0 Å². The molecular weight excluding hydrogens is 228 g/mol. The van der Waals surface area contributed by atoms with Crippen LogP contribution in [0.4, 0.5) is 5.69 Å². The maximum atomic E-state index is 5.49. The number of anilines is 1. The lowest BCUT2D eigenvalue weighted by molar-refractivity contribution is 0.393. The van der Waals surface area contributed by atoms with Crippen molar-refractivity contribution in [1.82, 2.24) is 5.32 Å². The average Bonchev–Trinajstić information content (AvgIpc) is 2.62. The molecule has 1 aliphatic rings. The molecule has 4 nitrogen and oxygen atoms in total. The first-order valence-electron chi connectivity index (χ1n) is 6.45. The zero-order valence-corrected chi connectivity index (χ0v) is 11.4. The van der Waals surface area contributed by atoms with Crippen molar-refractivity contribution in [3.8, 4) is 11.5 Å². The van der Waals surface area contributed by atoms with Crippen LogP contribution >= 0.6 is 0 Å². The molecule has 0 aromatic heterocycles. The molecule has 1 aliphatic heterocycles. The van der Waals surface area contributed by atoms with Crippen LogP contribution in [0.25, 0.3) is 0 Å². The van der Waals surface area contributed by atoms with Crippen molar-refractivity contribution in [3.05, 3.63) is 18.2 Å². The Hall–Kier alpha value is -1.42. The molecule has 1 unspecified atom stereocenters. The van der Waals surface area contributed by atoms with E-state index >= 15 is 0 Å². The van der Waals surface area contributed by atoms with Gasteiger partial charge in [-0.15, -0.1) is 0 Å². The predicted molar refractivity (Wildman–Crippen MR) is 73.8 cm³/mol. The lowest BCUT2D eigenvalue weighted by atomic mass is 10.1. The summed E-state index contributed by atoms with van der Waals surface area (Å²) < 4.78 is 10.7. The summed E-state index contributed by atoms with van der Waals surface area (Å²) >= 11 is 0. The van der Waals surface area contributed by atoms with E-state index in [4.69, 9.17) is 9.47 Å². The van der Waals surface area contributed by atoms with E-state index in [1.807, 2.05) is 12.1 Å². The van der Waals surface area contributed by atoms with Gasteiger partial charge in [0.15, 0.2) is 0 Å². The highest BCUT2D eigenvalue weighted by Gasteiger charge is 2.20. The van der Waals surface area contributed by atoms with Crippen molar-refractivity contribution < 1.29 is 9.47 Å². The van der Waals surface area contributed by atoms with Crippen LogP contribution in [0.5, 0.6) is 11.5 Å². The Labute approximate surface area is 109 Å². The second-order valence-corrected chi connectivity index (χ2v) is 4.62. The number of hydrogen-bond acceptors (Lipinski definition) is 4. The second-order valence-electron chi connectivity index (χ2n) is 4.62. The van der Waals surface area contributed by atoms with Crippen LogP contribution in [-0.4, -0.2) is 39.9 Å². The molecule has 0 spiro atoms. The number of benzene rings is 1. The molecule has 18 heavy (non-hydrogen) atoms. The molecule has 100 valence electrons. The van der Waals surface area contributed by atoms with E-state index < -0.39 is 0 Å². The van der Waals surface area contributed by atoms with Gasteiger partial charge in [0.25, 0.3) is 0 Å². The number of nitrogens with zero attached hydrogens (tertiary/aromatic N) is 1. The van der Waals surface area contributed by atoms with Gasteiger partial charge >= 0.3 is 0 Å². The topological polar surface area (TPSA) is 33.7 Å². The highest BCUT2D eigenvalue weighted by molar-refractivity contribution is 5.61. The van der Waals surface area contributed by atoms with Crippen molar-refractivity contribution >= 4 is 5.69 Å². The summed E-state index contributed by atoms with van der Waals surface area (Å²) in [4.78, 5) is 2.40. The Morgan fingerprint density at radius 3 is 2.78 bits per heavy atom. The van der Waals surface area contributed by atoms with Gasteiger partial charge in [-0.05, 0) is 32.0 Å². The minimum Gasteiger partial charge on any atom is -0.497 e. The van der Waals surface area contributed by atoms with Crippen LogP contribution in [0.1, 0.15) is 13.3 Å². The number of ether oxygens (including phenoxy) is 2. The molecule has 0 saturated carbocycles. The summed E-state index contributed by atoms with van der Waals surface area (Å²) in [6.45, 7) is 5.36. The van der Waals surface area contributed by atoms with E-state index in [-0.39, 0.29) is 0 Å². The van der Waals surface area contributed by atoms with Gasteiger partial charge in [0.1, 0.15) is 11.5 Å². The minimum absolute atomic E-state index is 0.516. The fourth-order valence-corrected chi connectivity index (χ4v) is 2.39. The summed E-state index contributed by atoms with van der Waals surface area (Å²) in [7, 11) is 3.38.